The zero-order valence-corrected chi connectivity index (χ0v) is 16.5. The zero-order valence-electron chi connectivity index (χ0n) is 16.5. The number of hydrogen-bond donors (Lipinski definition) is 0. The Kier molecular flexibility index (Phi) is 6.04. The van der Waals surface area contributed by atoms with Gasteiger partial charge < -0.3 is 9.47 Å². The molecule has 0 aliphatic heterocycles. The molecule has 0 atom stereocenters. The van der Waals surface area contributed by atoms with E-state index in [2.05, 4.69) is 0 Å². The highest BCUT2D eigenvalue weighted by molar-refractivity contribution is 5.85. The molecule has 4 rings (SSSR count). The summed E-state index contributed by atoms with van der Waals surface area (Å²) in [5, 5.41) is 4.25. The third-order valence-corrected chi connectivity index (χ3v) is 4.92. The minimum absolute atomic E-state index is 0.260. The summed E-state index contributed by atoms with van der Waals surface area (Å²) in [5.41, 5.74) is 0. The van der Waals surface area contributed by atoms with Crippen molar-refractivity contribution in [3.63, 3.8) is 0 Å². The van der Waals surface area contributed by atoms with Crippen molar-refractivity contribution in [2.24, 2.45) is 0 Å². The Morgan fingerprint density at radius 2 is 0.933 bits per heavy atom. The fourth-order valence-electron chi connectivity index (χ4n) is 3.37. The molecule has 0 unspecified atom stereocenters. The van der Waals surface area contributed by atoms with Crippen molar-refractivity contribution in [1.29, 1.82) is 0 Å². The van der Waals surface area contributed by atoms with Gasteiger partial charge in [-0.1, -0.05) is 60.7 Å². The summed E-state index contributed by atoms with van der Waals surface area (Å²) in [6, 6.07) is 27.0. The number of esters is 2. The molecule has 4 nitrogen and oxygen atoms in total. The Morgan fingerprint density at radius 1 is 0.533 bits per heavy atom. The van der Waals surface area contributed by atoms with E-state index in [-0.39, 0.29) is 24.8 Å². The van der Waals surface area contributed by atoms with Gasteiger partial charge in [-0.2, -0.15) is 0 Å². The van der Waals surface area contributed by atoms with Gasteiger partial charge in [0.1, 0.15) is 11.5 Å². The summed E-state index contributed by atoms with van der Waals surface area (Å²) in [5.74, 6) is 0.477. The molecule has 0 saturated carbocycles. The molecule has 0 N–H and O–H groups in total. The quantitative estimate of drug-likeness (QED) is 0.216. The molecule has 0 aromatic heterocycles. The van der Waals surface area contributed by atoms with E-state index in [1.54, 1.807) is 12.1 Å². The topological polar surface area (TPSA) is 52.6 Å². The third-order valence-electron chi connectivity index (χ3n) is 4.92. The summed E-state index contributed by atoms with van der Waals surface area (Å²) in [6.45, 7) is 0. The van der Waals surface area contributed by atoms with Crippen molar-refractivity contribution in [1.82, 2.24) is 0 Å². The molecular formula is C26H22O4. The van der Waals surface area contributed by atoms with Gasteiger partial charge >= 0.3 is 11.9 Å². The number of carbonyl (C=O) groups excluding carboxylic acids is 2. The molecule has 0 bridgehead atoms. The Balaban J connectivity index is 1.20. The van der Waals surface area contributed by atoms with E-state index in [0.29, 0.717) is 24.3 Å². The predicted molar refractivity (Wildman–Crippen MR) is 118 cm³/mol. The molecule has 4 aromatic carbocycles. The largest absolute Gasteiger partial charge is 0.427 e. The van der Waals surface area contributed by atoms with Crippen LogP contribution >= 0.6 is 0 Å². The highest BCUT2D eigenvalue weighted by Crippen LogP contribution is 2.22. The highest BCUT2D eigenvalue weighted by Gasteiger charge is 2.09. The Labute approximate surface area is 175 Å². The van der Waals surface area contributed by atoms with Crippen LogP contribution in [0.1, 0.15) is 25.7 Å². The van der Waals surface area contributed by atoms with Crippen LogP contribution in [0.4, 0.5) is 0 Å². The lowest BCUT2D eigenvalue weighted by Crippen LogP contribution is -2.10. The summed E-state index contributed by atoms with van der Waals surface area (Å²) in [6.07, 6.45) is 1.66. The highest BCUT2D eigenvalue weighted by atomic mass is 16.5. The molecule has 0 saturated heterocycles. The maximum atomic E-state index is 12.1. The van der Waals surface area contributed by atoms with Crippen LogP contribution in [0.5, 0.6) is 11.5 Å². The number of ether oxygens (including phenoxy) is 2. The molecule has 0 aliphatic rings. The molecule has 30 heavy (non-hydrogen) atoms. The first-order valence-electron chi connectivity index (χ1n) is 10.1. The van der Waals surface area contributed by atoms with E-state index >= 15 is 0 Å². The van der Waals surface area contributed by atoms with Crippen LogP contribution in [0.2, 0.25) is 0 Å². The number of fused-ring (bicyclic) bond motifs is 2. The molecular weight excluding hydrogens is 376 g/mol. The van der Waals surface area contributed by atoms with Gasteiger partial charge in [0.2, 0.25) is 0 Å². The Bertz CT molecular complexity index is 1100. The molecule has 0 radical (unpaired) electrons. The molecule has 0 heterocycles. The van der Waals surface area contributed by atoms with Crippen molar-refractivity contribution in [3.8, 4) is 11.5 Å². The number of unbranched alkanes of at least 4 members (excludes halogenated alkanes) is 1. The van der Waals surface area contributed by atoms with Crippen molar-refractivity contribution in [3.05, 3.63) is 84.9 Å². The normalized spacial score (nSPS) is 10.8. The van der Waals surface area contributed by atoms with Crippen LogP contribution in [0.25, 0.3) is 21.5 Å². The van der Waals surface area contributed by atoms with E-state index in [1.165, 1.54) is 0 Å². The van der Waals surface area contributed by atoms with Crippen LogP contribution in [-0.4, -0.2) is 11.9 Å². The fourth-order valence-corrected chi connectivity index (χ4v) is 3.37. The van der Waals surface area contributed by atoms with E-state index in [4.69, 9.17) is 9.47 Å². The summed E-state index contributed by atoms with van der Waals surface area (Å²) < 4.78 is 10.8. The second-order valence-electron chi connectivity index (χ2n) is 7.17. The first-order chi connectivity index (χ1) is 14.7. The maximum absolute atomic E-state index is 12.1. The third kappa shape index (κ3) is 5.03. The van der Waals surface area contributed by atoms with Gasteiger partial charge in [0.05, 0.1) is 0 Å². The fraction of sp³-hybridized carbons (Fsp3) is 0.154. The summed E-state index contributed by atoms with van der Waals surface area (Å²) >= 11 is 0. The monoisotopic (exact) mass is 398 g/mol. The van der Waals surface area contributed by atoms with E-state index < -0.39 is 0 Å². The van der Waals surface area contributed by atoms with E-state index in [1.807, 2.05) is 72.8 Å². The molecule has 150 valence electrons. The Morgan fingerprint density at radius 3 is 1.37 bits per heavy atom. The number of benzene rings is 4. The van der Waals surface area contributed by atoms with Crippen molar-refractivity contribution < 1.29 is 19.1 Å². The van der Waals surface area contributed by atoms with Gasteiger partial charge in [0.15, 0.2) is 0 Å². The SMILES string of the molecule is O=C(CCCCC(=O)Oc1ccc2ccccc2c1)Oc1ccc2ccccc2c1. The average molecular weight is 398 g/mol. The number of rotatable bonds is 7. The number of carbonyl (C=O) groups is 2. The minimum Gasteiger partial charge on any atom is -0.427 e. The first kappa shape index (κ1) is 19.6. The lowest BCUT2D eigenvalue weighted by atomic mass is 10.1. The van der Waals surface area contributed by atoms with Crippen LogP contribution in [0.3, 0.4) is 0 Å². The zero-order chi connectivity index (χ0) is 20.8. The molecule has 4 aromatic rings. The summed E-state index contributed by atoms with van der Waals surface area (Å²) in [7, 11) is 0. The van der Waals surface area contributed by atoms with Gasteiger partial charge in [0.25, 0.3) is 0 Å². The van der Waals surface area contributed by atoms with Gasteiger partial charge in [-0.3, -0.25) is 9.59 Å². The van der Waals surface area contributed by atoms with Gasteiger partial charge in [-0.15, -0.1) is 0 Å². The molecule has 0 fully saturated rings. The van der Waals surface area contributed by atoms with Gasteiger partial charge in [-0.05, 0) is 58.7 Å². The molecule has 0 aliphatic carbocycles. The van der Waals surface area contributed by atoms with E-state index in [9.17, 15) is 9.59 Å². The minimum atomic E-state index is -0.298. The van der Waals surface area contributed by atoms with Crippen LogP contribution in [0.15, 0.2) is 84.9 Å². The van der Waals surface area contributed by atoms with Crippen LogP contribution in [-0.2, 0) is 9.59 Å². The summed E-state index contributed by atoms with van der Waals surface area (Å²) in [4.78, 5) is 24.1. The average Bonchev–Trinajstić information content (AvgIpc) is 2.76. The van der Waals surface area contributed by atoms with E-state index in [0.717, 1.165) is 21.5 Å². The molecule has 0 spiro atoms. The van der Waals surface area contributed by atoms with Crippen LogP contribution < -0.4 is 9.47 Å². The maximum Gasteiger partial charge on any atom is 0.311 e. The lowest BCUT2D eigenvalue weighted by molar-refractivity contribution is -0.136. The lowest BCUT2D eigenvalue weighted by Gasteiger charge is -2.07. The van der Waals surface area contributed by atoms with Crippen LogP contribution in [0, 0.1) is 0 Å². The molecule has 0 amide bonds. The van der Waals surface area contributed by atoms with Gasteiger partial charge in [0, 0.05) is 12.8 Å². The van der Waals surface area contributed by atoms with Crippen molar-refractivity contribution in [2.45, 2.75) is 25.7 Å². The number of hydrogen-bond acceptors (Lipinski definition) is 4. The van der Waals surface area contributed by atoms with Crippen molar-refractivity contribution in [2.75, 3.05) is 0 Å². The second kappa shape index (κ2) is 9.23. The standard InChI is InChI=1S/C26H22O4/c27-25(29-23-15-13-19-7-1-3-9-21(19)17-23)11-5-6-12-26(28)30-24-16-14-20-8-2-4-10-22(20)18-24/h1-4,7-10,13-18H,5-6,11-12H2. The molecule has 4 heteroatoms. The second-order valence-corrected chi connectivity index (χ2v) is 7.17. The van der Waals surface area contributed by atoms with Gasteiger partial charge in [-0.25, -0.2) is 0 Å². The van der Waals surface area contributed by atoms with Crippen molar-refractivity contribution >= 4 is 33.5 Å². The smallest absolute Gasteiger partial charge is 0.311 e. The first-order valence-corrected chi connectivity index (χ1v) is 10.1. The Hall–Kier alpha value is -3.66. The predicted octanol–water partition coefficient (Wildman–Crippen LogP) is 6.06.